The quantitative estimate of drug-likeness (QED) is 0.619. The minimum Gasteiger partial charge on any atom is -0.292 e. The van der Waals surface area contributed by atoms with Gasteiger partial charge in [-0.2, -0.15) is 0 Å². The highest BCUT2D eigenvalue weighted by Gasteiger charge is 2.13. The van der Waals surface area contributed by atoms with E-state index in [-0.39, 0.29) is 5.41 Å². The average molecular weight is 191 g/mol. The maximum Gasteiger partial charge on any atom is 0.233 e. The fourth-order valence-electron chi connectivity index (χ4n) is 1.06. The van der Waals surface area contributed by atoms with E-state index in [1.807, 2.05) is 37.0 Å². The number of hydrogen-bond acceptors (Lipinski definition) is 2. The van der Waals surface area contributed by atoms with Crippen molar-refractivity contribution in [1.29, 1.82) is 0 Å². The summed E-state index contributed by atoms with van der Waals surface area (Å²) >= 11 is 0. The van der Waals surface area contributed by atoms with Crippen molar-refractivity contribution in [2.75, 3.05) is 0 Å². The van der Waals surface area contributed by atoms with Crippen LogP contribution in [0.15, 0.2) is 23.5 Å². The highest BCUT2D eigenvalue weighted by Crippen LogP contribution is 2.21. The van der Waals surface area contributed by atoms with E-state index in [1.54, 1.807) is 6.20 Å². The van der Waals surface area contributed by atoms with Crippen molar-refractivity contribution in [3.8, 4) is 0 Å². The monoisotopic (exact) mass is 191 g/mol. The summed E-state index contributed by atoms with van der Waals surface area (Å²) < 4.78 is 1.91. The number of nitrogens with zero attached hydrogens (tertiary/aromatic N) is 3. The second-order valence-electron chi connectivity index (χ2n) is 3.53. The highest BCUT2D eigenvalue weighted by atomic mass is 15.2. The van der Waals surface area contributed by atoms with Crippen molar-refractivity contribution < 1.29 is 0 Å². The van der Waals surface area contributed by atoms with Gasteiger partial charge < -0.3 is 0 Å². The minimum atomic E-state index is 0.0285. The maximum atomic E-state index is 4.26. The maximum absolute atomic E-state index is 4.26. The number of allylic oxidation sites excluding steroid dienone is 1. The minimum absolute atomic E-state index is 0.0285. The zero-order valence-corrected chi connectivity index (χ0v) is 9.23. The van der Waals surface area contributed by atoms with Gasteiger partial charge in [0.2, 0.25) is 5.95 Å². The molecule has 0 fully saturated rings. The normalized spacial score (nSPS) is 16.6. The third kappa shape index (κ3) is 2.31. The van der Waals surface area contributed by atoms with E-state index in [4.69, 9.17) is 0 Å². The first-order chi connectivity index (χ1) is 6.67. The van der Waals surface area contributed by atoms with Crippen LogP contribution in [-0.2, 0) is 0 Å². The van der Waals surface area contributed by atoms with Crippen LogP contribution in [0.4, 0.5) is 5.95 Å². The molecular formula is C11H17N3. The molecule has 0 spiro atoms. The van der Waals surface area contributed by atoms with Crippen molar-refractivity contribution in [2.45, 2.75) is 27.7 Å². The Morgan fingerprint density at radius 3 is 2.71 bits per heavy atom. The van der Waals surface area contributed by atoms with E-state index in [1.165, 1.54) is 0 Å². The van der Waals surface area contributed by atoms with Crippen LogP contribution in [0, 0.1) is 5.41 Å². The predicted molar refractivity (Wildman–Crippen MR) is 60.8 cm³/mol. The molecule has 0 N–H and O–H groups in total. The van der Waals surface area contributed by atoms with Gasteiger partial charge in [0.05, 0.1) is 0 Å². The lowest BCUT2D eigenvalue weighted by Gasteiger charge is -2.10. The molecule has 0 bridgehead atoms. The molecule has 3 heteroatoms. The van der Waals surface area contributed by atoms with Crippen LogP contribution < -0.4 is 0 Å². The van der Waals surface area contributed by atoms with Crippen molar-refractivity contribution in [1.82, 2.24) is 9.55 Å². The molecule has 2 heterocycles. The Hall–Kier alpha value is -1.38. The third-order valence-corrected chi connectivity index (χ3v) is 1.83. The van der Waals surface area contributed by atoms with Crippen molar-refractivity contribution >= 4 is 18.4 Å². The Balaban J connectivity index is 0.000000461. The lowest BCUT2D eigenvalue weighted by molar-refractivity contribution is 0.698. The molecule has 0 amide bonds. The zero-order chi connectivity index (χ0) is 10.6. The topological polar surface area (TPSA) is 30.2 Å². The molecule has 0 radical (unpaired) electrons. The van der Waals surface area contributed by atoms with E-state index in [0.717, 1.165) is 5.95 Å². The molecule has 1 aromatic heterocycles. The Kier molecular flexibility index (Phi) is 3.23. The molecule has 0 atom stereocenters. The number of hydrogen-bond donors (Lipinski definition) is 0. The van der Waals surface area contributed by atoms with E-state index >= 15 is 0 Å². The molecule has 0 aromatic carbocycles. The first-order valence-corrected chi connectivity index (χ1v) is 4.95. The highest BCUT2D eigenvalue weighted by molar-refractivity contribution is 5.72. The van der Waals surface area contributed by atoms with Gasteiger partial charge in [0.15, 0.2) is 0 Å². The second kappa shape index (κ2) is 4.22. The lowest BCUT2D eigenvalue weighted by Crippen LogP contribution is -2.07. The number of rotatable bonds is 0. The van der Waals surface area contributed by atoms with Crippen molar-refractivity contribution in [3.05, 3.63) is 18.5 Å². The Morgan fingerprint density at radius 2 is 2.00 bits per heavy atom. The van der Waals surface area contributed by atoms with Gasteiger partial charge in [0, 0.05) is 30.2 Å². The molecule has 0 aliphatic carbocycles. The molecule has 1 aliphatic heterocycles. The molecule has 2 rings (SSSR count). The van der Waals surface area contributed by atoms with E-state index in [0.29, 0.717) is 0 Å². The smallest absolute Gasteiger partial charge is 0.233 e. The van der Waals surface area contributed by atoms with Crippen LogP contribution in [0.2, 0.25) is 0 Å². The summed E-state index contributed by atoms with van der Waals surface area (Å²) in [4.78, 5) is 8.36. The molecule has 0 unspecified atom stereocenters. The van der Waals surface area contributed by atoms with E-state index in [9.17, 15) is 0 Å². The van der Waals surface area contributed by atoms with Crippen LogP contribution in [0.1, 0.15) is 27.7 Å². The standard InChI is InChI=1S/C9H11N3.C2H6/c1-9(2)3-5-12-6-4-10-8(12)11-7-9;1-2/h3-7H,1-2H3;1-2H3. The second-order valence-corrected chi connectivity index (χ2v) is 3.53. The summed E-state index contributed by atoms with van der Waals surface area (Å²) in [6, 6.07) is 0. The molecule has 76 valence electrons. The Morgan fingerprint density at radius 1 is 1.29 bits per heavy atom. The first kappa shape index (κ1) is 10.7. The van der Waals surface area contributed by atoms with Gasteiger partial charge in [-0.3, -0.25) is 4.57 Å². The van der Waals surface area contributed by atoms with Gasteiger partial charge in [0.25, 0.3) is 0 Å². The summed E-state index contributed by atoms with van der Waals surface area (Å²) in [6.07, 6.45) is 9.65. The van der Waals surface area contributed by atoms with Crippen LogP contribution >= 0.6 is 0 Å². The van der Waals surface area contributed by atoms with Crippen molar-refractivity contribution in [2.24, 2.45) is 10.4 Å². The summed E-state index contributed by atoms with van der Waals surface area (Å²) in [5.41, 5.74) is 0.0285. The average Bonchev–Trinajstić information content (AvgIpc) is 2.58. The third-order valence-electron chi connectivity index (χ3n) is 1.83. The summed E-state index contributed by atoms with van der Waals surface area (Å²) in [5, 5.41) is 0. The van der Waals surface area contributed by atoms with Gasteiger partial charge in [-0.05, 0) is 0 Å². The number of aromatic nitrogens is 2. The van der Waals surface area contributed by atoms with E-state index < -0.39 is 0 Å². The van der Waals surface area contributed by atoms with Crippen LogP contribution in [0.25, 0.3) is 6.20 Å². The van der Waals surface area contributed by atoms with Crippen LogP contribution in [0.3, 0.4) is 0 Å². The lowest BCUT2D eigenvalue weighted by atomic mass is 9.96. The SMILES string of the molecule is CC.CC1(C)C=Cn2ccnc2N=C1. The molecular weight excluding hydrogens is 174 g/mol. The van der Waals surface area contributed by atoms with Gasteiger partial charge in [-0.15, -0.1) is 0 Å². The molecule has 14 heavy (non-hydrogen) atoms. The summed E-state index contributed by atoms with van der Waals surface area (Å²) in [7, 11) is 0. The van der Waals surface area contributed by atoms with E-state index in [2.05, 4.69) is 29.9 Å². The van der Waals surface area contributed by atoms with Gasteiger partial charge >= 0.3 is 0 Å². The number of imidazole rings is 1. The predicted octanol–water partition coefficient (Wildman–Crippen LogP) is 3.12. The van der Waals surface area contributed by atoms with Crippen LogP contribution in [0.5, 0.6) is 0 Å². The summed E-state index contributed by atoms with van der Waals surface area (Å²) in [6.45, 7) is 8.22. The zero-order valence-electron chi connectivity index (χ0n) is 9.23. The number of fused-ring (bicyclic) bond motifs is 1. The Bertz CT molecular complexity index is 315. The molecule has 3 nitrogen and oxygen atoms in total. The van der Waals surface area contributed by atoms with Gasteiger partial charge in [-0.25, -0.2) is 9.98 Å². The first-order valence-electron chi connectivity index (χ1n) is 4.95. The van der Waals surface area contributed by atoms with Crippen LogP contribution in [-0.4, -0.2) is 15.8 Å². The van der Waals surface area contributed by atoms with Crippen molar-refractivity contribution in [3.63, 3.8) is 0 Å². The summed E-state index contributed by atoms with van der Waals surface area (Å²) in [5.74, 6) is 0.747. The largest absolute Gasteiger partial charge is 0.292 e. The van der Waals surface area contributed by atoms with Gasteiger partial charge in [0.1, 0.15) is 0 Å². The molecule has 1 aliphatic rings. The Labute approximate surface area is 85.2 Å². The molecule has 0 saturated heterocycles. The molecule has 1 aromatic rings. The fraction of sp³-hybridized carbons (Fsp3) is 0.455. The number of aliphatic imine (C=N–C) groups is 1. The fourth-order valence-corrected chi connectivity index (χ4v) is 1.06. The van der Waals surface area contributed by atoms with Gasteiger partial charge in [-0.1, -0.05) is 33.8 Å². The molecule has 0 saturated carbocycles.